The largest absolute Gasteiger partial charge is 0.351 e. The van der Waals surface area contributed by atoms with E-state index in [1.807, 2.05) is 10.8 Å². The van der Waals surface area contributed by atoms with Crippen molar-refractivity contribution in [2.24, 2.45) is 0 Å². The zero-order chi connectivity index (χ0) is 10.4. The van der Waals surface area contributed by atoms with Crippen molar-refractivity contribution < 1.29 is 4.79 Å². The summed E-state index contributed by atoms with van der Waals surface area (Å²) >= 11 is 3.12. The van der Waals surface area contributed by atoms with E-state index in [0.717, 1.165) is 13.0 Å². The summed E-state index contributed by atoms with van der Waals surface area (Å²) in [5.74, 6) is 0.0250. The van der Waals surface area contributed by atoms with Crippen LogP contribution in [0.1, 0.15) is 13.3 Å². The Morgan fingerprint density at radius 2 is 2.50 bits per heavy atom. The second-order valence-electron chi connectivity index (χ2n) is 3.07. The molecule has 4 nitrogen and oxygen atoms in total. The van der Waals surface area contributed by atoms with E-state index in [0.29, 0.717) is 5.33 Å². The van der Waals surface area contributed by atoms with Crippen LogP contribution in [-0.2, 0) is 11.3 Å². The summed E-state index contributed by atoms with van der Waals surface area (Å²) in [5.41, 5.74) is 0. The van der Waals surface area contributed by atoms with Gasteiger partial charge in [-0.1, -0.05) is 22.9 Å². The van der Waals surface area contributed by atoms with Crippen molar-refractivity contribution in [2.75, 3.05) is 5.33 Å². The van der Waals surface area contributed by atoms with E-state index in [2.05, 4.69) is 33.2 Å². The number of nitrogens with one attached hydrogen (secondary N) is 1. The summed E-state index contributed by atoms with van der Waals surface area (Å²) in [7, 11) is 0. The third kappa shape index (κ3) is 3.49. The third-order valence-corrected chi connectivity index (χ3v) is 2.48. The fraction of sp³-hybridized carbons (Fsp3) is 0.556. The van der Waals surface area contributed by atoms with Gasteiger partial charge in [0.05, 0.1) is 11.7 Å². The van der Waals surface area contributed by atoms with Gasteiger partial charge in [-0.3, -0.25) is 4.79 Å². The first-order valence-electron chi connectivity index (χ1n) is 4.57. The molecule has 1 heterocycles. The molecular formula is C9H14BrN3O. The van der Waals surface area contributed by atoms with Gasteiger partial charge in [0.1, 0.15) is 0 Å². The van der Waals surface area contributed by atoms with Gasteiger partial charge in [-0.15, -0.1) is 0 Å². The molecule has 0 radical (unpaired) electrons. The van der Waals surface area contributed by atoms with Crippen LogP contribution in [0, 0.1) is 0 Å². The molecule has 0 aliphatic carbocycles. The number of carbonyl (C=O) groups excluding carboxylic acids is 1. The van der Waals surface area contributed by atoms with Crippen LogP contribution < -0.4 is 5.32 Å². The third-order valence-electron chi connectivity index (χ3n) is 1.97. The Bertz CT molecular complexity index is 274. The van der Waals surface area contributed by atoms with Gasteiger partial charge in [0.15, 0.2) is 0 Å². The van der Waals surface area contributed by atoms with Crippen molar-refractivity contribution in [3.8, 4) is 0 Å². The topological polar surface area (TPSA) is 46.9 Å². The summed E-state index contributed by atoms with van der Waals surface area (Å²) in [4.78, 5) is 15.1. The minimum atomic E-state index is 0.0250. The summed E-state index contributed by atoms with van der Waals surface area (Å²) in [5, 5.41) is 3.27. The highest BCUT2D eigenvalue weighted by atomic mass is 79.9. The Morgan fingerprint density at radius 1 is 1.71 bits per heavy atom. The van der Waals surface area contributed by atoms with Gasteiger partial charge in [-0.05, 0) is 6.42 Å². The van der Waals surface area contributed by atoms with Crippen LogP contribution in [0.2, 0.25) is 0 Å². The fourth-order valence-corrected chi connectivity index (χ4v) is 1.35. The molecule has 1 unspecified atom stereocenters. The highest BCUT2D eigenvalue weighted by Crippen LogP contribution is 1.97. The summed E-state index contributed by atoms with van der Waals surface area (Å²) in [6.45, 7) is 2.82. The smallest absolute Gasteiger partial charge is 0.230 e. The van der Waals surface area contributed by atoms with E-state index in [9.17, 15) is 4.79 Å². The lowest BCUT2D eigenvalue weighted by Crippen LogP contribution is -2.37. The molecule has 78 valence electrons. The quantitative estimate of drug-likeness (QED) is 0.808. The van der Waals surface area contributed by atoms with Crippen LogP contribution in [-0.4, -0.2) is 26.8 Å². The fourth-order valence-electron chi connectivity index (χ4n) is 1.19. The number of amides is 1. The normalized spacial score (nSPS) is 12.4. The molecule has 0 saturated carbocycles. The maximum Gasteiger partial charge on any atom is 0.230 e. The van der Waals surface area contributed by atoms with E-state index in [1.54, 1.807) is 12.5 Å². The number of alkyl halides is 1. The number of hydrogen-bond acceptors (Lipinski definition) is 2. The molecule has 1 N–H and O–H groups in total. The van der Waals surface area contributed by atoms with Crippen molar-refractivity contribution in [3.63, 3.8) is 0 Å². The molecule has 1 amide bonds. The van der Waals surface area contributed by atoms with E-state index < -0.39 is 0 Å². The molecule has 5 heteroatoms. The lowest BCUT2D eigenvalue weighted by atomic mass is 10.2. The number of aromatic nitrogens is 2. The van der Waals surface area contributed by atoms with Crippen LogP contribution in [0.25, 0.3) is 0 Å². The Kier molecular flexibility index (Phi) is 4.65. The molecule has 0 saturated heterocycles. The highest BCUT2D eigenvalue weighted by Gasteiger charge is 2.09. The molecule has 0 aliphatic heterocycles. The number of carbonyl (C=O) groups is 1. The molecule has 0 bridgehead atoms. The molecular weight excluding hydrogens is 246 g/mol. The zero-order valence-electron chi connectivity index (χ0n) is 8.11. The Hall–Kier alpha value is -0.840. The number of halogens is 1. The molecule has 0 aliphatic rings. The van der Waals surface area contributed by atoms with Crippen LogP contribution in [0.5, 0.6) is 0 Å². The number of nitrogens with zero attached hydrogens (tertiary/aromatic N) is 2. The van der Waals surface area contributed by atoms with Gasteiger partial charge >= 0.3 is 0 Å². The minimum absolute atomic E-state index is 0.0250. The van der Waals surface area contributed by atoms with Crippen molar-refractivity contribution >= 4 is 21.8 Å². The van der Waals surface area contributed by atoms with Crippen molar-refractivity contribution in [1.82, 2.24) is 14.9 Å². The van der Waals surface area contributed by atoms with Gasteiger partial charge in [0, 0.05) is 25.0 Å². The van der Waals surface area contributed by atoms with Crippen molar-refractivity contribution in [2.45, 2.75) is 25.9 Å². The number of imidazole rings is 1. The van der Waals surface area contributed by atoms with Gasteiger partial charge in [0.2, 0.25) is 5.91 Å². The number of rotatable bonds is 5. The monoisotopic (exact) mass is 259 g/mol. The summed E-state index contributed by atoms with van der Waals surface area (Å²) in [6, 6.07) is 0.175. The SMILES string of the molecule is CCC(Cn1ccnc1)NC(=O)CBr. The van der Waals surface area contributed by atoms with Gasteiger partial charge in [-0.2, -0.15) is 0 Å². The molecule has 14 heavy (non-hydrogen) atoms. The predicted molar refractivity (Wildman–Crippen MR) is 58.2 cm³/mol. The Morgan fingerprint density at radius 3 is 3.00 bits per heavy atom. The molecule has 0 aromatic carbocycles. The van der Waals surface area contributed by atoms with Crippen LogP contribution in [0.4, 0.5) is 0 Å². The van der Waals surface area contributed by atoms with Crippen molar-refractivity contribution in [1.29, 1.82) is 0 Å². The minimum Gasteiger partial charge on any atom is -0.351 e. The van der Waals surface area contributed by atoms with E-state index in [4.69, 9.17) is 0 Å². The summed E-state index contributed by atoms with van der Waals surface area (Å²) < 4.78 is 1.96. The maximum atomic E-state index is 11.1. The lowest BCUT2D eigenvalue weighted by molar-refractivity contribution is -0.119. The first-order valence-corrected chi connectivity index (χ1v) is 5.69. The highest BCUT2D eigenvalue weighted by molar-refractivity contribution is 9.09. The summed E-state index contributed by atoms with van der Waals surface area (Å²) in [6.07, 6.45) is 6.29. The second kappa shape index (κ2) is 5.80. The second-order valence-corrected chi connectivity index (χ2v) is 3.63. The van der Waals surface area contributed by atoms with Crippen LogP contribution in [0.15, 0.2) is 18.7 Å². The molecule has 1 atom stereocenters. The van der Waals surface area contributed by atoms with Gasteiger partial charge in [-0.25, -0.2) is 4.98 Å². The average molecular weight is 260 g/mol. The van der Waals surface area contributed by atoms with E-state index in [1.165, 1.54) is 0 Å². The van der Waals surface area contributed by atoms with E-state index in [-0.39, 0.29) is 11.9 Å². The first-order chi connectivity index (χ1) is 6.76. The Labute approximate surface area is 91.8 Å². The maximum absolute atomic E-state index is 11.1. The van der Waals surface area contributed by atoms with E-state index >= 15 is 0 Å². The lowest BCUT2D eigenvalue weighted by Gasteiger charge is -2.16. The zero-order valence-corrected chi connectivity index (χ0v) is 9.70. The molecule has 1 rings (SSSR count). The molecule has 1 aromatic rings. The molecule has 1 aromatic heterocycles. The molecule has 0 fully saturated rings. The van der Waals surface area contributed by atoms with Gasteiger partial charge in [0.25, 0.3) is 0 Å². The standard InChI is InChI=1S/C9H14BrN3O/c1-2-8(12-9(14)5-10)6-13-4-3-11-7-13/h3-4,7-8H,2,5-6H2,1H3,(H,12,14). The van der Waals surface area contributed by atoms with Crippen LogP contribution in [0.3, 0.4) is 0 Å². The van der Waals surface area contributed by atoms with Crippen molar-refractivity contribution in [3.05, 3.63) is 18.7 Å². The molecule has 0 spiro atoms. The first kappa shape index (κ1) is 11.2. The Balaban J connectivity index is 2.43. The van der Waals surface area contributed by atoms with Gasteiger partial charge < -0.3 is 9.88 Å². The predicted octanol–water partition coefficient (Wildman–Crippen LogP) is 1.17. The van der Waals surface area contributed by atoms with Crippen LogP contribution >= 0.6 is 15.9 Å². The number of hydrogen-bond donors (Lipinski definition) is 1. The average Bonchev–Trinajstić information content (AvgIpc) is 2.69.